The molecule has 0 fully saturated rings. The van der Waals surface area contributed by atoms with Crippen LogP contribution in [0.1, 0.15) is 46.8 Å². The monoisotopic (exact) mass is 413 g/mol. The predicted octanol–water partition coefficient (Wildman–Crippen LogP) is 4.25. The lowest BCUT2D eigenvalue weighted by Crippen LogP contribution is -2.28. The van der Waals surface area contributed by atoms with Gasteiger partial charge in [-0.1, -0.05) is 54.5 Å². The third-order valence-electron chi connectivity index (χ3n) is 4.38. The van der Waals surface area contributed by atoms with Crippen molar-refractivity contribution >= 4 is 28.9 Å². The molecule has 0 radical (unpaired) electrons. The molecule has 3 aromatic rings. The minimum atomic E-state index is -0.750. The summed E-state index contributed by atoms with van der Waals surface area (Å²) >= 11 is -0.750. The van der Waals surface area contributed by atoms with Crippen LogP contribution in [0.3, 0.4) is 0 Å². The SMILES string of the molecule is CCC(NC(=O)c1ccccc1Nc1c(C)noc1C)c1ccccc1.O=S=O. The van der Waals surface area contributed by atoms with Gasteiger partial charge in [-0.3, -0.25) is 4.79 Å². The van der Waals surface area contributed by atoms with Crippen LogP contribution < -0.4 is 10.6 Å². The quantitative estimate of drug-likeness (QED) is 0.627. The largest absolute Gasteiger partial charge is 0.359 e. The molecule has 2 aromatic carbocycles. The molecule has 1 aromatic heterocycles. The maximum Gasteiger partial charge on any atom is 0.335 e. The van der Waals surface area contributed by atoms with Gasteiger partial charge < -0.3 is 15.2 Å². The van der Waals surface area contributed by atoms with Crippen LogP contribution in [0.5, 0.6) is 0 Å². The van der Waals surface area contributed by atoms with Gasteiger partial charge >= 0.3 is 11.6 Å². The molecule has 152 valence electrons. The molecule has 7 nitrogen and oxygen atoms in total. The number of amides is 1. The average molecular weight is 413 g/mol. The van der Waals surface area contributed by atoms with Gasteiger partial charge in [0.15, 0.2) is 5.76 Å². The van der Waals surface area contributed by atoms with Crippen molar-refractivity contribution in [3.63, 3.8) is 0 Å². The third-order valence-corrected chi connectivity index (χ3v) is 4.38. The van der Waals surface area contributed by atoms with E-state index in [9.17, 15) is 4.79 Å². The van der Waals surface area contributed by atoms with Crippen molar-refractivity contribution in [1.82, 2.24) is 10.5 Å². The van der Waals surface area contributed by atoms with Gasteiger partial charge in [0.25, 0.3) is 5.91 Å². The summed E-state index contributed by atoms with van der Waals surface area (Å²) in [6.45, 7) is 5.77. The van der Waals surface area contributed by atoms with E-state index in [4.69, 9.17) is 12.9 Å². The van der Waals surface area contributed by atoms with Crippen LogP contribution >= 0.6 is 0 Å². The molecule has 1 heterocycles. The number of carbonyl (C=O) groups is 1. The number of benzene rings is 2. The zero-order chi connectivity index (χ0) is 21.2. The minimum Gasteiger partial charge on any atom is -0.359 e. The van der Waals surface area contributed by atoms with Crippen LogP contribution in [0, 0.1) is 13.8 Å². The molecule has 0 saturated heterocycles. The highest BCUT2D eigenvalue weighted by atomic mass is 32.1. The topological polar surface area (TPSA) is 101 Å². The number of anilines is 2. The van der Waals surface area contributed by atoms with Crippen molar-refractivity contribution in [3.05, 3.63) is 77.2 Å². The Hall–Kier alpha value is -3.26. The van der Waals surface area contributed by atoms with E-state index in [1.54, 1.807) is 0 Å². The molecule has 1 amide bonds. The fourth-order valence-corrected chi connectivity index (χ4v) is 2.93. The number of para-hydroxylation sites is 1. The highest BCUT2D eigenvalue weighted by Gasteiger charge is 2.18. The van der Waals surface area contributed by atoms with Crippen LogP contribution in [-0.2, 0) is 11.6 Å². The first-order chi connectivity index (χ1) is 14.0. The summed E-state index contributed by atoms with van der Waals surface area (Å²) in [7, 11) is 0. The molecule has 0 saturated carbocycles. The summed E-state index contributed by atoms with van der Waals surface area (Å²) in [5.41, 5.74) is 3.96. The zero-order valence-corrected chi connectivity index (χ0v) is 17.3. The highest BCUT2D eigenvalue weighted by molar-refractivity contribution is 7.51. The first-order valence-corrected chi connectivity index (χ1v) is 9.75. The molecule has 2 N–H and O–H groups in total. The summed E-state index contributed by atoms with van der Waals surface area (Å²) < 4.78 is 21.8. The second kappa shape index (κ2) is 10.9. The van der Waals surface area contributed by atoms with Gasteiger partial charge in [-0.15, -0.1) is 0 Å². The number of aryl methyl sites for hydroxylation is 2. The summed E-state index contributed by atoms with van der Waals surface area (Å²) in [5.74, 6) is 0.573. The molecular formula is C21H23N3O4S. The molecular weight excluding hydrogens is 390 g/mol. The van der Waals surface area contributed by atoms with Crippen LogP contribution in [0.25, 0.3) is 0 Å². The average Bonchev–Trinajstić information content (AvgIpc) is 3.05. The zero-order valence-electron chi connectivity index (χ0n) is 16.5. The van der Waals surface area contributed by atoms with Crippen molar-refractivity contribution < 1.29 is 17.7 Å². The van der Waals surface area contributed by atoms with E-state index in [-0.39, 0.29) is 11.9 Å². The molecule has 29 heavy (non-hydrogen) atoms. The molecule has 0 bridgehead atoms. The van der Waals surface area contributed by atoms with Crippen LogP contribution in [0.4, 0.5) is 11.4 Å². The summed E-state index contributed by atoms with van der Waals surface area (Å²) in [4.78, 5) is 12.9. The fraction of sp³-hybridized carbons (Fsp3) is 0.238. The molecule has 0 aliphatic heterocycles. The lowest BCUT2D eigenvalue weighted by molar-refractivity contribution is 0.0936. The fourth-order valence-electron chi connectivity index (χ4n) is 2.93. The lowest BCUT2D eigenvalue weighted by Gasteiger charge is -2.19. The number of nitrogens with one attached hydrogen (secondary N) is 2. The van der Waals surface area contributed by atoms with E-state index in [1.165, 1.54) is 0 Å². The Morgan fingerprint density at radius 1 is 1.07 bits per heavy atom. The first-order valence-electron chi connectivity index (χ1n) is 9.08. The molecule has 0 spiro atoms. The Kier molecular flexibility index (Phi) is 8.29. The van der Waals surface area contributed by atoms with Gasteiger partial charge in [-0.25, -0.2) is 0 Å². The Bertz CT molecular complexity index is 963. The minimum absolute atomic E-state index is 0.0316. The van der Waals surface area contributed by atoms with E-state index in [2.05, 4.69) is 22.7 Å². The van der Waals surface area contributed by atoms with Crippen LogP contribution in [0.15, 0.2) is 59.1 Å². The molecule has 1 atom stereocenters. The van der Waals surface area contributed by atoms with Gasteiger partial charge in [0.1, 0.15) is 11.4 Å². The van der Waals surface area contributed by atoms with Crippen molar-refractivity contribution in [1.29, 1.82) is 0 Å². The highest BCUT2D eigenvalue weighted by Crippen LogP contribution is 2.27. The maximum atomic E-state index is 12.9. The van der Waals surface area contributed by atoms with E-state index < -0.39 is 11.6 Å². The standard InChI is InChI=1S/C21H23N3O2.O2S/c1-4-18(16-10-6-5-7-11-16)23-21(25)17-12-8-9-13-19(17)22-20-14(2)24-26-15(20)3;1-3-2/h5-13,18,22H,4H2,1-3H3,(H,23,25);. The Morgan fingerprint density at radius 3 is 2.28 bits per heavy atom. The second-order valence-corrected chi connectivity index (χ2v) is 6.42. The van der Waals surface area contributed by atoms with E-state index in [0.29, 0.717) is 11.3 Å². The van der Waals surface area contributed by atoms with Gasteiger partial charge in [0.05, 0.1) is 17.3 Å². The van der Waals surface area contributed by atoms with Gasteiger partial charge in [-0.05, 0) is 38.0 Å². The first kappa shape index (κ1) is 22.0. The molecule has 0 aliphatic carbocycles. The summed E-state index contributed by atoms with van der Waals surface area (Å²) in [5, 5.41) is 10.4. The van der Waals surface area contributed by atoms with E-state index >= 15 is 0 Å². The molecule has 3 rings (SSSR count). The van der Waals surface area contributed by atoms with Gasteiger partial charge in [-0.2, -0.15) is 8.42 Å². The van der Waals surface area contributed by atoms with Crippen molar-refractivity contribution in [2.24, 2.45) is 0 Å². The normalized spacial score (nSPS) is 11.0. The smallest absolute Gasteiger partial charge is 0.335 e. The van der Waals surface area contributed by atoms with Crippen LogP contribution in [0.2, 0.25) is 0 Å². The number of aromatic nitrogens is 1. The molecule has 0 aliphatic rings. The second-order valence-electron chi connectivity index (χ2n) is 6.28. The van der Waals surface area contributed by atoms with Crippen molar-refractivity contribution in [3.8, 4) is 0 Å². The Morgan fingerprint density at radius 2 is 1.69 bits per heavy atom. The summed E-state index contributed by atoms with van der Waals surface area (Å²) in [6, 6.07) is 17.4. The number of carbonyl (C=O) groups excluding carboxylic acids is 1. The van der Waals surface area contributed by atoms with Crippen molar-refractivity contribution in [2.45, 2.75) is 33.2 Å². The predicted molar refractivity (Wildman–Crippen MR) is 112 cm³/mol. The lowest BCUT2D eigenvalue weighted by atomic mass is 10.0. The van der Waals surface area contributed by atoms with Gasteiger partial charge in [0, 0.05) is 0 Å². The number of hydrogen-bond donors (Lipinski definition) is 2. The van der Waals surface area contributed by atoms with Gasteiger partial charge in [0.2, 0.25) is 0 Å². The Balaban J connectivity index is 0.000000941. The van der Waals surface area contributed by atoms with E-state index in [0.717, 1.165) is 29.1 Å². The number of rotatable bonds is 6. The molecule has 1 unspecified atom stereocenters. The number of hydrogen-bond acceptors (Lipinski definition) is 6. The van der Waals surface area contributed by atoms with E-state index in [1.807, 2.05) is 68.4 Å². The maximum absolute atomic E-state index is 12.9. The van der Waals surface area contributed by atoms with Crippen molar-refractivity contribution in [2.75, 3.05) is 5.32 Å². The summed E-state index contributed by atoms with van der Waals surface area (Å²) in [6.07, 6.45) is 0.815. The number of nitrogens with zero attached hydrogens (tertiary/aromatic N) is 1. The third kappa shape index (κ3) is 5.86. The van der Waals surface area contributed by atoms with Crippen LogP contribution in [-0.4, -0.2) is 19.5 Å². The Labute approximate surface area is 173 Å². The molecule has 8 heteroatoms.